The topological polar surface area (TPSA) is 81.1 Å². The van der Waals surface area contributed by atoms with Crippen molar-refractivity contribution in [1.82, 2.24) is 14.8 Å². The molecule has 2 N–H and O–H groups in total. The van der Waals surface area contributed by atoms with Crippen molar-refractivity contribution in [3.05, 3.63) is 78.8 Å². The molecule has 2 atom stereocenters. The van der Waals surface area contributed by atoms with Gasteiger partial charge in [0.2, 0.25) is 11.9 Å². The highest BCUT2D eigenvalue weighted by Crippen LogP contribution is 2.38. The molecule has 0 unspecified atom stereocenters. The normalized spacial score (nSPS) is 17.7. The van der Waals surface area contributed by atoms with Gasteiger partial charge in [-0.2, -0.15) is 10.1 Å². The lowest BCUT2D eigenvalue weighted by molar-refractivity contribution is -0.119. The maximum absolute atomic E-state index is 13.3. The molecule has 4 rings (SSSR count). The summed E-state index contributed by atoms with van der Waals surface area (Å²) in [5.74, 6) is 0.590. The average molecular weight is 403 g/mol. The van der Waals surface area contributed by atoms with Crippen molar-refractivity contribution in [1.29, 1.82) is 0 Å². The molecule has 154 valence electrons. The first-order valence-electron chi connectivity index (χ1n) is 10.1. The molecule has 7 heteroatoms. The summed E-state index contributed by atoms with van der Waals surface area (Å²) in [5, 5.41) is 10.5. The number of amides is 1. The van der Waals surface area contributed by atoms with E-state index in [4.69, 9.17) is 4.74 Å². The third kappa shape index (κ3) is 4.05. The molecular weight excluding hydrogens is 378 g/mol. The Balaban J connectivity index is 1.68. The fourth-order valence-corrected chi connectivity index (χ4v) is 3.60. The van der Waals surface area contributed by atoms with Crippen LogP contribution in [0.15, 0.2) is 73.2 Å². The smallest absolute Gasteiger partial charge is 0.235 e. The van der Waals surface area contributed by atoms with Gasteiger partial charge in [0, 0.05) is 11.4 Å². The number of nitrogens with zero attached hydrogens (tertiary/aromatic N) is 3. The second-order valence-corrected chi connectivity index (χ2v) is 7.23. The third-order valence-corrected chi connectivity index (χ3v) is 5.09. The van der Waals surface area contributed by atoms with Crippen molar-refractivity contribution in [3.63, 3.8) is 0 Å². The number of unbranched alkanes of at least 4 members (excludes halogenated alkanes) is 1. The zero-order valence-corrected chi connectivity index (χ0v) is 16.9. The minimum absolute atomic E-state index is 0.165. The van der Waals surface area contributed by atoms with Gasteiger partial charge in [0.25, 0.3) is 0 Å². The number of benzene rings is 2. The Morgan fingerprint density at radius 2 is 2.07 bits per heavy atom. The molecule has 2 aromatic carbocycles. The molecule has 1 aliphatic rings. The van der Waals surface area contributed by atoms with E-state index in [0.717, 1.165) is 29.8 Å². The van der Waals surface area contributed by atoms with Crippen LogP contribution >= 0.6 is 0 Å². The number of fused-ring (bicyclic) bond motifs is 1. The van der Waals surface area contributed by atoms with Crippen molar-refractivity contribution in [2.24, 2.45) is 5.92 Å². The maximum Gasteiger partial charge on any atom is 0.235 e. The van der Waals surface area contributed by atoms with Crippen LogP contribution < -0.4 is 15.4 Å². The highest BCUT2D eigenvalue weighted by atomic mass is 16.5. The summed E-state index contributed by atoms with van der Waals surface area (Å²) in [6.45, 7) is 6.90. The fourth-order valence-electron chi connectivity index (χ4n) is 3.60. The molecule has 0 bridgehead atoms. The Morgan fingerprint density at radius 3 is 2.87 bits per heavy atom. The number of carbonyl (C=O) groups is 1. The number of hydrogen-bond donors (Lipinski definition) is 2. The molecule has 7 nitrogen and oxygen atoms in total. The predicted molar refractivity (Wildman–Crippen MR) is 116 cm³/mol. The van der Waals surface area contributed by atoms with Crippen molar-refractivity contribution in [2.45, 2.75) is 25.8 Å². The highest BCUT2D eigenvalue weighted by molar-refractivity contribution is 5.95. The number of nitrogens with one attached hydrogen (secondary N) is 2. The summed E-state index contributed by atoms with van der Waals surface area (Å²) in [4.78, 5) is 17.5. The van der Waals surface area contributed by atoms with Gasteiger partial charge >= 0.3 is 0 Å². The van der Waals surface area contributed by atoms with Crippen LogP contribution in [0.4, 0.5) is 11.6 Å². The first kappa shape index (κ1) is 19.7. The number of anilines is 2. The van der Waals surface area contributed by atoms with Crippen LogP contribution in [0.1, 0.15) is 31.4 Å². The summed E-state index contributed by atoms with van der Waals surface area (Å²) < 4.78 is 7.61. The van der Waals surface area contributed by atoms with Gasteiger partial charge in [-0.3, -0.25) is 4.79 Å². The van der Waals surface area contributed by atoms with Crippen molar-refractivity contribution < 1.29 is 9.53 Å². The van der Waals surface area contributed by atoms with E-state index in [2.05, 4.69) is 34.2 Å². The Labute approximate surface area is 175 Å². The molecule has 1 aromatic heterocycles. The Kier molecular flexibility index (Phi) is 5.79. The van der Waals surface area contributed by atoms with E-state index < -0.39 is 12.0 Å². The van der Waals surface area contributed by atoms with Crippen molar-refractivity contribution in [3.8, 4) is 5.75 Å². The van der Waals surface area contributed by atoms with E-state index in [9.17, 15) is 4.79 Å². The number of rotatable bonds is 7. The molecule has 1 aliphatic heterocycles. The fraction of sp³-hybridized carbons (Fsp3) is 0.261. The van der Waals surface area contributed by atoms with E-state index in [1.165, 1.54) is 6.33 Å². The van der Waals surface area contributed by atoms with E-state index in [1.807, 2.05) is 54.6 Å². The summed E-state index contributed by atoms with van der Waals surface area (Å²) in [6.07, 6.45) is 3.53. The number of carbonyl (C=O) groups excluding carboxylic acids is 1. The summed E-state index contributed by atoms with van der Waals surface area (Å²) in [7, 11) is 0. The van der Waals surface area contributed by atoms with Crippen LogP contribution in [-0.2, 0) is 4.79 Å². The molecule has 0 spiro atoms. The van der Waals surface area contributed by atoms with Gasteiger partial charge in [0.05, 0.1) is 12.6 Å². The SMILES string of the molecule is C=C1Nc2ncnn2[C@@H](c2cccc(OCCCC)c2)[C@@H]1C(=O)Nc1ccccc1. The van der Waals surface area contributed by atoms with Crippen LogP contribution in [0.25, 0.3) is 0 Å². The van der Waals surface area contributed by atoms with Crippen molar-refractivity contribution >= 4 is 17.5 Å². The zero-order chi connectivity index (χ0) is 20.9. The third-order valence-electron chi connectivity index (χ3n) is 5.09. The molecule has 2 heterocycles. The Morgan fingerprint density at radius 1 is 1.23 bits per heavy atom. The second-order valence-electron chi connectivity index (χ2n) is 7.23. The summed E-state index contributed by atoms with van der Waals surface area (Å²) in [5.41, 5.74) is 2.22. The number of aromatic nitrogens is 3. The van der Waals surface area contributed by atoms with Crippen LogP contribution in [0.3, 0.4) is 0 Å². The zero-order valence-electron chi connectivity index (χ0n) is 16.9. The Bertz CT molecular complexity index is 1030. The lowest BCUT2D eigenvalue weighted by atomic mass is 9.88. The number of ether oxygens (including phenoxy) is 1. The second kappa shape index (κ2) is 8.82. The molecule has 0 aliphatic carbocycles. The first-order chi connectivity index (χ1) is 14.7. The predicted octanol–water partition coefficient (Wildman–Crippen LogP) is 4.24. The molecule has 1 amide bonds. The standard InChI is InChI=1S/C23H25N5O2/c1-3-4-13-30-19-12-8-9-17(14-19)21-20(16(2)26-23-24-15-25-28(21)23)22(29)27-18-10-6-5-7-11-18/h5-12,14-15,20-21H,2-4,13H2,1H3,(H,27,29)(H,24,25,26)/t20-,21+/m1/s1. The van der Waals surface area contributed by atoms with Gasteiger partial charge in [0.1, 0.15) is 18.0 Å². The molecule has 0 saturated carbocycles. The van der Waals surface area contributed by atoms with Gasteiger partial charge in [0.15, 0.2) is 0 Å². The van der Waals surface area contributed by atoms with Gasteiger partial charge < -0.3 is 15.4 Å². The van der Waals surface area contributed by atoms with Gasteiger partial charge in [-0.05, 0) is 36.2 Å². The van der Waals surface area contributed by atoms with Crippen LogP contribution in [0.2, 0.25) is 0 Å². The summed E-state index contributed by atoms with van der Waals surface area (Å²) >= 11 is 0. The number of para-hydroxylation sites is 1. The van der Waals surface area contributed by atoms with Crippen molar-refractivity contribution in [2.75, 3.05) is 17.2 Å². The number of hydrogen-bond acceptors (Lipinski definition) is 5. The monoisotopic (exact) mass is 403 g/mol. The Hall–Kier alpha value is -3.61. The molecular formula is C23H25N5O2. The van der Waals surface area contributed by atoms with E-state index in [0.29, 0.717) is 18.3 Å². The molecule has 0 radical (unpaired) electrons. The maximum atomic E-state index is 13.3. The van der Waals surface area contributed by atoms with Gasteiger partial charge in [-0.25, -0.2) is 4.68 Å². The van der Waals surface area contributed by atoms with Crippen LogP contribution in [0, 0.1) is 5.92 Å². The lowest BCUT2D eigenvalue weighted by Crippen LogP contribution is -2.39. The van der Waals surface area contributed by atoms with Crippen LogP contribution in [-0.4, -0.2) is 27.3 Å². The average Bonchev–Trinajstić information content (AvgIpc) is 3.22. The lowest BCUT2D eigenvalue weighted by Gasteiger charge is -2.34. The molecule has 0 saturated heterocycles. The summed E-state index contributed by atoms with van der Waals surface area (Å²) in [6, 6.07) is 16.8. The largest absolute Gasteiger partial charge is 0.494 e. The van der Waals surface area contributed by atoms with Crippen LogP contribution in [0.5, 0.6) is 5.75 Å². The van der Waals surface area contributed by atoms with E-state index >= 15 is 0 Å². The molecule has 30 heavy (non-hydrogen) atoms. The quantitative estimate of drug-likeness (QED) is 0.577. The minimum Gasteiger partial charge on any atom is -0.494 e. The van der Waals surface area contributed by atoms with E-state index in [-0.39, 0.29) is 5.91 Å². The van der Waals surface area contributed by atoms with Gasteiger partial charge in [-0.15, -0.1) is 0 Å². The molecule has 3 aromatic rings. The minimum atomic E-state index is -0.578. The molecule has 0 fully saturated rings. The first-order valence-corrected chi connectivity index (χ1v) is 10.1. The highest BCUT2D eigenvalue weighted by Gasteiger charge is 2.39. The van der Waals surface area contributed by atoms with E-state index in [1.54, 1.807) is 4.68 Å². The van der Waals surface area contributed by atoms with Gasteiger partial charge in [-0.1, -0.05) is 50.3 Å².